The minimum Gasteiger partial charge on any atom is -0.496 e. The normalized spacial score (nSPS) is 10.0. The van der Waals surface area contributed by atoms with E-state index in [-0.39, 0.29) is 5.91 Å². The molecule has 92 valence electrons. The number of aromatic amines is 1. The second-order valence-corrected chi connectivity index (χ2v) is 3.81. The van der Waals surface area contributed by atoms with E-state index in [0.29, 0.717) is 18.7 Å². The van der Waals surface area contributed by atoms with E-state index in [9.17, 15) is 4.79 Å². The van der Waals surface area contributed by atoms with Crippen molar-refractivity contribution in [2.24, 2.45) is 0 Å². The molecule has 1 amide bonds. The van der Waals surface area contributed by atoms with Gasteiger partial charge < -0.3 is 15.0 Å². The van der Waals surface area contributed by atoms with Crippen LogP contribution in [0.1, 0.15) is 16.9 Å². The predicted molar refractivity (Wildman–Crippen MR) is 70.6 cm³/mol. The highest BCUT2D eigenvalue weighted by Gasteiger charge is 2.11. The van der Waals surface area contributed by atoms with E-state index in [1.165, 1.54) is 0 Å². The van der Waals surface area contributed by atoms with E-state index >= 15 is 0 Å². The first-order valence-corrected chi connectivity index (χ1v) is 5.63. The van der Waals surface area contributed by atoms with Crippen LogP contribution in [0.15, 0.2) is 24.3 Å². The molecule has 4 nitrogen and oxygen atoms in total. The summed E-state index contributed by atoms with van der Waals surface area (Å²) in [6.45, 7) is 0.474. The van der Waals surface area contributed by atoms with Crippen molar-refractivity contribution < 1.29 is 9.53 Å². The molecule has 0 saturated carbocycles. The Labute approximate surface area is 105 Å². The van der Waals surface area contributed by atoms with Gasteiger partial charge in [0.05, 0.1) is 7.11 Å². The summed E-state index contributed by atoms with van der Waals surface area (Å²) in [6.07, 6.45) is 5.65. The minimum atomic E-state index is -0.163. The molecule has 0 radical (unpaired) electrons. The summed E-state index contributed by atoms with van der Waals surface area (Å²) in [6, 6.07) is 7.41. The number of hydrogen-bond donors (Lipinski definition) is 2. The molecule has 0 aliphatic heterocycles. The third kappa shape index (κ3) is 2.30. The number of nitrogens with one attached hydrogen (secondary N) is 2. The monoisotopic (exact) mass is 242 g/mol. The van der Waals surface area contributed by atoms with Crippen molar-refractivity contribution in [3.63, 3.8) is 0 Å². The first-order chi connectivity index (χ1) is 8.76. The zero-order valence-electron chi connectivity index (χ0n) is 10.1. The van der Waals surface area contributed by atoms with Crippen LogP contribution in [0.2, 0.25) is 0 Å². The summed E-state index contributed by atoms with van der Waals surface area (Å²) < 4.78 is 5.24. The lowest BCUT2D eigenvalue weighted by atomic mass is 10.2. The van der Waals surface area contributed by atoms with Gasteiger partial charge in [0, 0.05) is 23.9 Å². The van der Waals surface area contributed by atoms with Crippen LogP contribution in [-0.4, -0.2) is 24.5 Å². The zero-order chi connectivity index (χ0) is 13.0. The molecule has 2 aromatic rings. The van der Waals surface area contributed by atoms with Gasteiger partial charge in [-0.15, -0.1) is 12.3 Å². The average Bonchev–Trinajstić information content (AvgIpc) is 2.82. The molecule has 2 rings (SSSR count). The summed E-state index contributed by atoms with van der Waals surface area (Å²) in [7, 11) is 1.61. The first kappa shape index (κ1) is 12.1. The molecule has 4 heteroatoms. The number of hydrogen-bond acceptors (Lipinski definition) is 2. The van der Waals surface area contributed by atoms with Crippen molar-refractivity contribution in [1.82, 2.24) is 10.3 Å². The van der Waals surface area contributed by atoms with Gasteiger partial charge in [0.15, 0.2) is 0 Å². The Morgan fingerprint density at radius 3 is 3.11 bits per heavy atom. The van der Waals surface area contributed by atoms with Crippen LogP contribution in [0.5, 0.6) is 5.75 Å². The first-order valence-electron chi connectivity index (χ1n) is 5.63. The molecular weight excluding hydrogens is 228 g/mol. The van der Waals surface area contributed by atoms with E-state index in [0.717, 1.165) is 16.7 Å². The summed E-state index contributed by atoms with van der Waals surface area (Å²) in [5, 5.41) is 3.64. The highest BCUT2D eigenvalue weighted by Crippen LogP contribution is 2.25. The number of carbonyl (C=O) groups is 1. The average molecular weight is 242 g/mol. The molecule has 18 heavy (non-hydrogen) atoms. The van der Waals surface area contributed by atoms with Crippen LogP contribution in [0, 0.1) is 12.3 Å². The van der Waals surface area contributed by atoms with Gasteiger partial charge in [-0.25, -0.2) is 0 Å². The highest BCUT2D eigenvalue weighted by molar-refractivity contribution is 5.99. The molecular formula is C14H14N2O2. The van der Waals surface area contributed by atoms with Crippen molar-refractivity contribution >= 4 is 16.8 Å². The molecule has 0 aliphatic carbocycles. The maximum absolute atomic E-state index is 11.8. The van der Waals surface area contributed by atoms with Crippen LogP contribution < -0.4 is 10.1 Å². The van der Waals surface area contributed by atoms with Crippen LogP contribution in [-0.2, 0) is 0 Å². The molecule has 0 aliphatic rings. The van der Waals surface area contributed by atoms with Crippen LogP contribution in [0.3, 0.4) is 0 Å². The number of aromatic nitrogens is 1. The molecule has 0 atom stereocenters. The smallest absolute Gasteiger partial charge is 0.267 e. The van der Waals surface area contributed by atoms with Gasteiger partial charge in [0.25, 0.3) is 5.91 Å². The Hall–Kier alpha value is -2.41. The molecule has 2 N–H and O–H groups in total. The van der Waals surface area contributed by atoms with Gasteiger partial charge in [0.1, 0.15) is 11.4 Å². The predicted octanol–water partition coefficient (Wildman–Crippen LogP) is 1.93. The van der Waals surface area contributed by atoms with E-state index in [4.69, 9.17) is 11.2 Å². The van der Waals surface area contributed by atoms with Gasteiger partial charge in [-0.3, -0.25) is 4.79 Å². The number of benzene rings is 1. The Morgan fingerprint density at radius 1 is 1.56 bits per heavy atom. The fraction of sp³-hybridized carbons (Fsp3) is 0.214. The van der Waals surface area contributed by atoms with Gasteiger partial charge >= 0.3 is 0 Å². The Kier molecular flexibility index (Phi) is 3.54. The van der Waals surface area contributed by atoms with Gasteiger partial charge in [-0.1, -0.05) is 6.07 Å². The second kappa shape index (κ2) is 5.28. The third-order valence-electron chi connectivity index (χ3n) is 2.64. The number of carbonyl (C=O) groups excluding carboxylic acids is 1. The molecule has 0 saturated heterocycles. The van der Waals surface area contributed by atoms with Gasteiger partial charge in [0.2, 0.25) is 0 Å². The number of fused-ring (bicyclic) bond motifs is 1. The summed E-state index contributed by atoms with van der Waals surface area (Å²) in [5.41, 5.74) is 1.38. The van der Waals surface area contributed by atoms with E-state index in [1.54, 1.807) is 13.2 Å². The van der Waals surface area contributed by atoms with E-state index in [2.05, 4.69) is 16.2 Å². The quantitative estimate of drug-likeness (QED) is 0.636. The lowest BCUT2D eigenvalue weighted by molar-refractivity contribution is 0.0950. The topological polar surface area (TPSA) is 54.1 Å². The van der Waals surface area contributed by atoms with Crippen molar-refractivity contribution in [2.75, 3.05) is 13.7 Å². The molecule has 1 heterocycles. The van der Waals surface area contributed by atoms with Crippen LogP contribution in [0.25, 0.3) is 10.9 Å². The maximum atomic E-state index is 11.8. The minimum absolute atomic E-state index is 0.163. The Bertz CT molecular complexity index is 608. The number of methoxy groups -OCH3 is 1. The molecule has 0 unspecified atom stereocenters. The lowest BCUT2D eigenvalue weighted by Crippen LogP contribution is -2.24. The van der Waals surface area contributed by atoms with Crippen LogP contribution >= 0.6 is 0 Å². The maximum Gasteiger partial charge on any atom is 0.267 e. The molecule has 0 fully saturated rings. The van der Waals surface area contributed by atoms with E-state index in [1.807, 2.05) is 18.2 Å². The third-order valence-corrected chi connectivity index (χ3v) is 2.64. The second-order valence-electron chi connectivity index (χ2n) is 3.81. The SMILES string of the molecule is C#CCCNC(=O)c1cc2c(OC)cccc2[nH]1. The van der Waals surface area contributed by atoms with Gasteiger partial charge in [-0.05, 0) is 18.2 Å². The number of ether oxygens (including phenoxy) is 1. The lowest BCUT2D eigenvalue weighted by Gasteiger charge is -1.99. The highest BCUT2D eigenvalue weighted by atomic mass is 16.5. The number of amides is 1. The van der Waals surface area contributed by atoms with Crippen molar-refractivity contribution in [3.8, 4) is 18.1 Å². The van der Waals surface area contributed by atoms with Crippen LogP contribution in [0.4, 0.5) is 0 Å². The van der Waals surface area contributed by atoms with Crippen molar-refractivity contribution in [3.05, 3.63) is 30.0 Å². The number of H-pyrrole nitrogens is 1. The zero-order valence-corrected chi connectivity index (χ0v) is 10.1. The summed E-state index contributed by atoms with van der Waals surface area (Å²) in [4.78, 5) is 14.9. The molecule has 0 bridgehead atoms. The van der Waals surface area contributed by atoms with Crippen molar-refractivity contribution in [2.45, 2.75) is 6.42 Å². The molecule has 1 aromatic carbocycles. The van der Waals surface area contributed by atoms with Crippen molar-refractivity contribution in [1.29, 1.82) is 0 Å². The Morgan fingerprint density at radius 2 is 2.39 bits per heavy atom. The number of rotatable bonds is 4. The summed E-state index contributed by atoms with van der Waals surface area (Å²) >= 11 is 0. The largest absolute Gasteiger partial charge is 0.496 e. The fourth-order valence-electron chi connectivity index (χ4n) is 1.77. The summed E-state index contributed by atoms with van der Waals surface area (Å²) in [5.74, 6) is 3.05. The number of terminal acetylenes is 1. The van der Waals surface area contributed by atoms with E-state index < -0.39 is 0 Å². The fourth-order valence-corrected chi connectivity index (χ4v) is 1.77. The molecule has 0 spiro atoms. The standard InChI is InChI=1S/C14H14N2O2/c1-3-4-8-15-14(17)12-9-10-11(16-12)6-5-7-13(10)18-2/h1,5-7,9,16H,4,8H2,2H3,(H,15,17). The Balaban J connectivity index is 2.25. The molecule has 1 aromatic heterocycles. The van der Waals surface area contributed by atoms with Gasteiger partial charge in [-0.2, -0.15) is 0 Å².